The van der Waals surface area contributed by atoms with E-state index in [0.29, 0.717) is 0 Å². The molecule has 6 heterocycles. The maximum atomic E-state index is 6.60. The van der Waals surface area contributed by atoms with E-state index >= 15 is 0 Å². The highest BCUT2D eigenvalue weighted by atomic mass is 16.3. The van der Waals surface area contributed by atoms with Crippen LogP contribution in [0, 0.1) is 0 Å². The summed E-state index contributed by atoms with van der Waals surface area (Å²) in [5.41, 5.74) is 32.0. The molecule has 6 aromatic heterocycles. The second kappa shape index (κ2) is 33.9. The quantitative estimate of drug-likeness (QED) is 0.134. The van der Waals surface area contributed by atoms with E-state index < -0.39 is 0 Å². The number of benzene rings is 27. The Labute approximate surface area is 858 Å². The van der Waals surface area contributed by atoms with Gasteiger partial charge in [0.25, 0.3) is 0 Å². The fraction of sp³-hybridized carbons (Fsp3) is 0. The van der Waals surface area contributed by atoms with Crippen LogP contribution in [0.15, 0.2) is 536 Å². The summed E-state index contributed by atoms with van der Waals surface area (Å²) >= 11 is 0. The average Bonchev–Trinajstić information content (AvgIpc) is 1.55. The van der Waals surface area contributed by atoms with Crippen LogP contribution in [0.3, 0.4) is 0 Å². The molecule has 0 aliphatic rings. The summed E-state index contributed by atoms with van der Waals surface area (Å²) in [5, 5.41) is 35.5. The van der Waals surface area contributed by atoms with E-state index in [1.54, 1.807) is 0 Å². The van der Waals surface area contributed by atoms with Gasteiger partial charge in [-0.05, 0) is 307 Å². The Kier molecular flexibility index (Phi) is 19.1. The van der Waals surface area contributed by atoms with Gasteiger partial charge in [0.15, 0.2) is 0 Å². The first kappa shape index (κ1) is 84.6. The van der Waals surface area contributed by atoms with Crippen molar-refractivity contribution in [3.63, 3.8) is 0 Å². The fourth-order valence-electron chi connectivity index (χ4n) is 24.4. The zero-order valence-corrected chi connectivity index (χ0v) is 80.9. The van der Waals surface area contributed by atoms with Gasteiger partial charge >= 0.3 is 0 Å². The molecular formula is C144H84O6. The average molecular weight is 1910 g/mol. The van der Waals surface area contributed by atoms with Gasteiger partial charge in [-0.25, -0.2) is 0 Å². The first-order valence-corrected chi connectivity index (χ1v) is 51.2. The van der Waals surface area contributed by atoms with Crippen LogP contribution < -0.4 is 0 Å². The number of hydrogen-bond acceptors (Lipinski definition) is 6. The third-order valence-electron chi connectivity index (χ3n) is 31.4. The summed E-state index contributed by atoms with van der Waals surface area (Å²) < 4.78 is 38.3. The number of rotatable bonds is 9. The molecule has 0 atom stereocenters. The van der Waals surface area contributed by atoms with Gasteiger partial charge in [0.05, 0.1) is 0 Å². The minimum Gasteiger partial charge on any atom is -0.456 e. The molecule has 0 amide bonds. The van der Waals surface area contributed by atoms with E-state index in [-0.39, 0.29) is 0 Å². The van der Waals surface area contributed by atoms with E-state index in [9.17, 15) is 0 Å². The van der Waals surface area contributed by atoms with E-state index in [1.807, 2.05) is 60.7 Å². The number of hydrogen-bond donors (Lipinski definition) is 0. The van der Waals surface area contributed by atoms with Crippen molar-refractivity contribution in [1.29, 1.82) is 0 Å². The Morgan fingerprint density at radius 2 is 0.307 bits per heavy atom. The van der Waals surface area contributed by atoms with Gasteiger partial charge in [-0.1, -0.05) is 388 Å². The lowest BCUT2D eigenvalue weighted by Gasteiger charge is -2.18. The first-order valence-electron chi connectivity index (χ1n) is 51.2. The fourth-order valence-corrected chi connectivity index (χ4v) is 24.4. The molecule has 0 bridgehead atoms. The van der Waals surface area contributed by atoms with E-state index in [1.165, 1.54) is 164 Å². The normalized spacial score (nSPS) is 12.0. The summed E-state index contributed by atoms with van der Waals surface area (Å²) in [7, 11) is 0. The van der Waals surface area contributed by atoms with E-state index in [4.69, 9.17) is 26.5 Å². The van der Waals surface area contributed by atoms with Crippen molar-refractivity contribution >= 4 is 229 Å². The third kappa shape index (κ3) is 13.6. The van der Waals surface area contributed by atoms with Gasteiger partial charge in [-0.3, -0.25) is 0 Å². The molecule has 33 rings (SSSR count). The van der Waals surface area contributed by atoms with Crippen LogP contribution in [0.25, 0.3) is 329 Å². The Bertz CT molecular complexity index is 11000. The maximum Gasteiger partial charge on any atom is 0.143 e. The SMILES string of the molecule is c1ccc2cc(-c3c4cccc(-c5ccc6c(c5)oc5ccccc56)c4cc4c(-c5ccc6c(c5)oc5ccccc56)cccc34)ccc2c1.c1ccc2cc(-c3c4cccc(-c5ccc6oc7ccccc7c6c5)c4cc4c(-c5ccc6oc7ccccc7c6c5)cccc34)ccc2c1.c1ccc2cc(-c3c4cccc(-c5cccc6c5oc5ccccc56)c4cc4c(-c5cccc6c5oc5ccccc56)cccc34)ccc2c1. The molecular weight excluding hydrogens is 1830 g/mol. The van der Waals surface area contributed by atoms with Crippen molar-refractivity contribution in [2.45, 2.75) is 0 Å². The number of para-hydroxylation sites is 8. The van der Waals surface area contributed by atoms with Crippen molar-refractivity contribution in [1.82, 2.24) is 0 Å². The highest BCUT2D eigenvalue weighted by molar-refractivity contribution is 6.27. The van der Waals surface area contributed by atoms with Crippen LogP contribution in [0.4, 0.5) is 0 Å². The number of furan rings is 6. The van der Waals surface area contributed by atoms with Crippen molar-refractivity contribution in [2.24, 2.45) is 0 Å². The van der Waals surface area contributed by atoms with Crippen molar-refractivity contribution in [3.05, 3.63) is 510 Å². The Hall–Kier alpha value is -19.9. The lowest BCUT2D eigenvalue weighted by molar-refractivity contribution is 0.668. The van der Waals surface area contributed by atoms with Crippen LogP contribution in [-0.4, -0.2) is 0 Å². The number of fused-ring (bicyclic) bond motifs is 27. The van der Waals surface area contributed by atoms with Crippen LogP contribution >= 0.6 is 0 Å². The minimum atomic E-state index is 0.899. The molecule has 0 aliphatic heterocycles. The zero-order chi connectivity index (χ0) is 98.3. The standard InChI is InChI=1S/3C48H28O2/c1-2-12-30-27-31(26-25-29(30)11-1)46-36-17-7-15-32(38-19-9-21-40-34-13-3-5-23-44(34)49-47(38)40)42(36)28-43-33(16-8-18-37(43)46)39-20-10-22-41-35-14-4-6-24-45(35)50-48(39)41;1-2-10-30-25-33(20-19-29(30)9-1)48-40-15-7-13-34(31-21-23-38-36-11-3-5-17-44(36)49-46(38)26-31)42(40)28-43-35(14-8-16-41(43)48)32-22-24-39-37-12-4-6-18-45(37)50-47(39)27-32;1-2-10-30-25-33(20-19-29(30)9-1)48-38-15-7-13-34(31-21-23-46-42(26-31)36-11-3-5-17-44(36)49-46)40(38)28-41-35(14-8-16-39(41)48)32-22-24-47-43(27-32)37-12-4-6-18-45(37)50-47/h3*1-28H. The Morgan fingerprint density at radius 3 is 0.633 bits per heavy atom. The lowest BCUT2D eigenvalue weighted by atomic mass is 9.85. The van der Waals surface area contributed by atoms with E-state index in [2.05, 4.69) is 449 Å². The molecule has 696 valence electrons. The molecule has 0 unspecified atom stereocenters. The molecule has 0 radical (unpaired) electrons. The largest absolute Gasteiger partial charge is 0.456 e. The van der Waals surface area contributed by atoms with Crippen LogP contribution in [0.5, 0.6) is 0 Å². The van der Waals surface area contributed by atoms with Gasteiger partial charge in [0, 0.05) is 75.8 Å². The van der Waals surface area contributed by atoms with Gasteiger partial charge in [-0.15, -0.1) is 0 Å². The molecule has 0 N–H and O–H groups in total. The molecule has 0 aliphatic carbocycles. The molecule has 0 saturated heterocycles. The van der Waals surface area contributed by atoms with Gasteiger partial charge in [0.1, 0.15) is 67.0 Å². The van der Waals surface area contributed by atoms with Crippen molar-refractivity contribution in [2.75, 3.05) is 0 Å². The molecule has 33 aromatic rings. The molecule has 0 saturated carbocycles. The van der Waals surface area contributed by atoms with Crippen molar-refractivity contribution in [3.8, 4) is 100 Å². The second-order valence-corrected chi connectivity index (χ2v) is 39.6. The second-order valence-electron chi connectivity index (χ2n) is 39.6. The Balaban J connectivity index is 0.000000101. The minimum absolute atomic E-state index is 0.899. The van der Waals surface area contributed by atoms with E-state index in [0.717, 1.165) is 165 Å². The predicted molar refractivity (Wildman–Crippen MR) is 629 cm³/mol. The Morgan fingerprint density at radius 1 is 0.0933 bits per heavy atom. The predicted octanol–water partition coefficient (Wildman–Crippen LogP) is 41.8. The molecule has 27 aromatic carbocycles. The smallest absolute Gasteiger partial charge is 0.143 e. The van der Waals surface area contributed by atoms with Crippen LogP contribution in [0.1, 0.15) is 0 Å². The lowest BCUT2D eigenvalue weighted by Crippen LogP contribution is -1.91. The topological polar surface area (TPSA) is 78.8 Å². The highest BCUT2D eigenvalue weighted by Crippen LogP contribution is 2.53. The molecule has 6 nitrogen and oxygen atoms in total. The van der Waals surface area contributed by atoms with Crippen LogP contribution in [-0.2, 0) is 0 Å². The highest BCUT2D eigenvalue weighted by Gasteiger charge is 2.27. The molecule has 0 fully saturated rings. The molecule has 150 heavy (non-hydrogen) atoms. The van der Waals surface area contributed by atoms with Gasteiger partial charge < -0.3 is 26.5 Å². The maximum absolute atomic E-state index is 6.60. The summed E-state index contributed by atoms with van der Waals surface area (Å²) in [6.45, 7) is 0. The first-order chi connectivity index (χ1) is 74.3. The van der Waals surface area contributed by atoms with Gasteiger partial charge in [-0.2, -0.15) is 0 Å². The van der Waals surface area contributed by atoms with Gasteiger partial charge in [0.2, 0.25) is 0 Å². The molecule has 6 heteroatoms. The molecule has 0 spiro atoms. The van der Waals surface area contributed by atoms with Crippen molar-refractivity contribution < 1.29 is 26.5 Å². The monoisotopic (exact) mass is 1910 g/mol. The summed E-state index contributed by atoms with van der Waals surface area (Å²) in [6, 6.07) is 183. The summed E-state index contributed by atoms with van der Waals surface area (Å²) in [5.74, 6) is 0. The van der Waals surface area contributed by atoms with Crippen LogP contribution in [0.2, 0.25) is 0 Å². The summed E-state index contributed by atoms with van der Waals surface area (Å²) in [6.07, 6.45) is 0. The summed E-state index contributed by atoms with van der Waals surface area (Å²) in [4.78, 5) is 0. The third-order valence-corrected chi connectivity index (χ3v) is 31.4. The zero-order valence-electron chi connectivity index (χ0n) is 80.9.